The van der Waals surface area contributed by atoms with Gasteiger partial charge in [0.15, 0.2) is 5.78 Å². The van der Waals surface area contributed by atoms with E-state index in [1.165, 1.54) is 6.92 Å². The van der Waals surface area contributed by atoms with Gasteiger partial charge in [-0.25, -0.2) is 0 Å². The molecule has 0 unspecified atom stereocenters. The van der Waals surface area contributed by atoms with Crippen LogP contribution in [0.3, 0.4) is 0 Å². The molecule has 3 aromatic rings. The van der Waals surface area contributed by atoms with Gasteiger partial charge in [-0.05, 0) is 43.2 Å². The number of ketones is 1. The molecule has 0 aliphatic heterocycles. The number of carbonyl (C=O) groups is 2. The minimum Gasteiger partial charge on any atom is -0.494 e. The highest BCUT2D eigenvalue weighted by Gasteiger charge is 2.17. The van der Waals surface area contributed by atoms with Gasteiger partial charge in [0.25, 0.3) is 0 Å². The van der Waals surface area contributed by atoms with Crippen LogP contribution in [0.2, 0.25) is 0 Å². The fourth-order valence-electron chi connectivity index (χ4n) is 3.28. The summed E-state index contributed by atoms with van der Waals surface area (Å²) in [4.78, 5) is 28.6. The predicted octanol–water partition coefficient (Wildman–Crippen LogP) is 5.24. The van der Waals surface area contributed by atoms with Crippen LogP contribution in [0, 0.1) is 6.92 Å². The first-order chi connectivity index (χ1) is 13.9. The highest BCUT2D eigenvalue weighted by Crippen LogP contribution is 2.34. The van der Waals surface area contributed by atoms with Gasteiger partial charge in [0.1, 0.15) is 11.3 Å². The van der Waals surface area contributed by atoms with Crippen molar-refractivity contribution in [3.8, 4) is 5.75 Å². The lowest BCUT2D eigenvalue weighted by Crippen LogP contribution is -2.08. The van der Waals surface area contributed by atoms with E-state index in [0.29, 0.717) is 28.9 Å². The smallest absolute Gasteiger partial charge is 0.221 e. The Balaban J connectivity index is 2.11. The van der Waals surface area contributed by atoms with E-state index < -0.39 is 0 Å². The van der Waals surface area contributed by atoms with Gasteiger partial charge in [-0.1, -0.05) is 19.1 Å². The lowest BCUT2D eigenvalue weighted by Gasteiger charge is -2.16. The van der Waals surface area contributed by atoms with Crippen molar-refractivity contribution in [1.29, 1.82) is 0 Å². The van der Waals surface area contributed by atoms with Crippen LogP contribution in [0.15, 0.2) is 42.6 Å². The summed E-state index contributed by atoms with van der Waals surface area (Å²) in [5.41, 5.74) is 4.44. The van der Waals surface area contributed by atoms with Crippen LogP contribution < -0.4 is 15.4 Å². The Morgan fingerprint density at radius 3 is 2.62 bits per heavy atom. The summed E-state index contributed by atoms with van der Waals surface area (Å²) in [7, 11) is 1.60. The zero-order valence-electron chi connectivity index (χ0n) is 17.1. The number of aromatic nitrogens is 1. The number of rotatable bonds is 7. The number of nitrogens with zero attached hydrogens (tertiary/aromatic N) is 1. The van der Waals surface area contributed by atoms with E-state index in [0.717, 1.165) is 28.7 Å². The molecule has 2 N–H and O–H groups in total. The van der Waals surface area contributed by atoms with Crippen molar-refractivity contribution < 1.29 is 14.3 Å². The number of pyridine rings is 1. The molecule has 6 heteroatoms. The molecule has 1 amide bonds. The minimum absolute atomic E-state index is 0.0406. The molecule has 0 bridgehead atoms. The van der Waals surface area contributed by atoms with Gasteiger partial charge in [-0.3, -0.25) is 14.6 Å². The quantitative estimate of drug-likeness (QED) is 0.539. The van der Waals surface area contributed by atoms with E-state index in [-0.39, 0.29) is 11.7 Å². The number of para-hydroxylation sites is 1. The summed E-state index contributed by atoms with van der Waals surface area (Å²) < 4.78 is 5.44. The molecule has 150 valence electrons. The second-order valence-electron chi connectivity index (χ2n) is 6.91. The summed E-state index contributed by atoms with van der Waals surface area (Å²) in [6, 6.07) is 11.3. The third-order valence-corrected chi connectivity index (χ3v) is 4.66. The van der Waals surface area contributed by atoms with Gasteiger partial charge in [0, 0.05) is 36.3 Å². The number of Topliss-reactive ketones (excluding diaryl/α,β-unsaturated/α-hetero) is 1. The molecule has 1 heterocycles. The van der Waals surface area contributed by atoms with E-state index in [2.05, 4.69) is 15.6 Å². The molecule has 0 aliphatic carbocycles. The first kappa shape index (κ1) is 20.3. The summed E-state index contributed by atoms with van der Waals surface area (Å²) >= 11 is 0. The number of aryl methyl sites for hydroxylation is 1. The molecule has 1 aromatic heterocycles. The third kappa shape index (κ3) is 4.37. The summed E-state index contributed by atoms with van der Waals surface area (Å²) in [6.07, 6.45) is 2.83. The van der Waals surface area contributed by atoms with Crippen molar-refractivity contribution in [2.75, 3.05) is 17.7 Å². The van der Waals surface area contributed by atoms with Crippen molar-refractivity contribution >= 4 is 39.7 Å². The Kier molecular flexibility index (Phi) is 6.12. The standard InChI is InChI=1S/C23H25N3O3/c1-5-7-20(28)18-13-24-23-17(8-6-9-21(23)29-4)22(18)26-16-10-11-19(14(2)12-16)25-15(3)27/h6,8-13H,5,7H2,1-4H3,(H,24,26)(H,25,27). The lowest BCUT2D eigenvalue weighted by atomic mass is 10.0. The molecule has 0 spiro atoms. The zero-order valence-corrected chi connectivity index (χ0v) is 17.1. The molecular weight excluding hydrogens is 366 g/mol. The third-order valence-electron chi connectivity index (χ3n) is 4.66. The average molecular weight is 391 g/mol. The largest absolute Gasteiger partial charge is 0.494 e. The molecule has 0 fully saturated rings. The van der Waals surface area contributed by atoms with Crippen molar-refractivity contribution in [1.82, 2.24) is 4.98 Å². The number of methoxy groups -OCH3 is 1. The Morgan fingerprint density at radius 2 is 1.97 bits per heavy atom. The maximum absolute atomic E-state index is 12.7. The van der Waals surface area contributed by atoms with Crippen molar-refractivity contribution in [3.63, 3.8) is 0 Å². The van der Waals surface area contributed by atoms with E-state index in [1.807, 2.05) is 50.2 Å². The highest BCUT2D eigenvalue weighted by atomic mass is 16.5. The second-order valence-corrected chi connectivity index (χ2v) is 6.91. The van der Waals surface area contributed by atoms with Crippen LogP contribution in [0.4, 0.5) is 17.1 Å². The minimum atomic E-state index is -0.117. The molecule has 0 atom stereocenters. The molecule has 0 saturated carbocycles. The predicted molar refractivity (Wildman–Crippen MR) is 116 cm³/mol. The fourth-order valence-corrected chi connectivity index (χ4v) is 3.28. The highest BCUT2D eigenvalue weighted by molar-refractivity contribution is 6.09. The summed E-state index contributed by atoms with van der Waals surface area (Å²) in [5.74, 6) is 0.574. The molecular formula is C23H25N3O3. The van der Waals surface area contributed by atoms with Crippen LogP contribution in [-0.2, 0) is 4.79 Å². The normalized spacial score (nSPS) is 10.6. The molecule has 0 aliphatic rings. The fraction of sp³-hybridized carbons (Fsp3) is 0.261. The SMILES string of the molecule is CCCC(=O)c1cnc2c(OC)cccc2c1Nc1ccc(NC(C)=O)c(C)c1. The van der Waals surface area contributed by atoms with Crippen molar-refractivity contribution in [3.05, 3.63) is 53.7 Å². The number of amides is 1. The van der Waals surface area contributed by atoms with E-state index in [4.69, 9.17) is 4.74 Å². The topological polar surface area (TPSA) is 80.3 Å². The molecule has 29 heavy (non-hydrogen) atoms. The Morgan fingerprint density at radius 1 is 1.17 bits per heavy atom. The Bertz CT molecular complexity index is 1080. The summed E-state index contributed by atoms with van der Waals surface area (Å²) in [6.45, 7) is 5.38. The molecule has 6 nitrogen and oxygen atoms in total. The molecule has 3 rings (SSSR count). The van der Waals surface area contributed by atoms with Crippen molar-refractivity contribution in [2.45, 2.75) is 33.6 Å². The van der Waals surface area contributed by atoms with Crippen LogP contribution in [-0.4, -0.2) is 23.8 Å². The van der Waals surface area contributed by atoms with E-state index >= 15 is 0 Å². The number of carbonyl (C=O) groups excluding carboxylic acids is 2. The maximum Gasteiger partial charge on any atom is 0.221 e. The van der Waals surface area contributed by atoms with Crippen molar-refractivity contribution in [2.24, 2.45) is 0 Å². The number of fused-ring (bicyclic) bond motifs is 1. The Hall–Kier alpha value is -3.41. The summed E-state index contributed by atoms with van der Waals surface area (Å²) in [5, 5.41) is 7.02. The molecule has 0 radical (unpaired) electrons. The number of hydrogen-bond donors (Lipinski definition) is 2. The molecule has 2 aromatic carbocycles. The zero-order chi connectivity index (χ0) is 21.0. The van der Waals surface area contributed by atoms with E-state index in [1.54, 1.807) is 13.3 Å². The number of anilines is 3. The van der Waals surface area contributed by atoms with Gasteiger partial charge >= 0.3 is 0 Å². The number of nitrogens with one attached hydrogen (secondary N) is 2. The lowest BCUT2D eigenvalue weighted by molar-refractivity contribution is -0.114. The van der Waals surface area contributed by atoms with Crippen LogP contribution >= 0.6 is 0 Å². The average Bonchev–Trinajstić information content (AvgIpc) is 2.69. The van der Waals surface area contributed by atoms with Crippen LogP contribution in [0.5, 0.6) is 5.75 Å². The first-order valence-electron chi connectivity index (χ1n) is 9.58. The second kappa shape index (κ2) is 8.73. The first-order valence-corrected chi connectivity index (χ1v) is 9.58. The van der Waals surface area contributed by atoms with E-state index in [9.17, 15) is 9.59 Å². The van der Waals surface area contributed by atoms with Crippen LogP contribution in [0.25, 0.3) is 10.9 Å². The Labute approximate surface area is 170 Å². The van der Waals surface area contributed by atoms with Gasteiger partial charge < -0.3 is 15.4 Å². The number of hydrogen-bond acceptors (Lipinski definition) is 5. The van der Waals surface area contributed by atoms with Crippen LogP contribution in [0.1, 0.15) is 42.6 Å². The molecule has 0 saturated heterocycles. The van der Waals surface area contributed by atoms with Gasteiger partial charge in [-0.2, -0.15) is 0 Å². The van der Waals surface area contributed by atoms with Gasteiger partial charge in [0.2, 0.25) is 5.91 Å². The monoisotopic (exact) mass is 391 g/mol. The maximum atomic E-state index is 12.7. The number of ether oxygens (including phenoxy) is 1. The van der Waals surface area contributed by atoms with Gasteiger partial charge in [-0.15, -0.1) is 0 Å². The van der Waals surface area contributed by atoms with Gasteiger partial charge in [0.05, 0.1) is 18.4 Å². The number of benzene rings is 2.